The molecule has 8 heteroatoms. The van der Waals surface area contributed by atoms with E-state index >= 15 is 0 Å². The van der Waals surface area contributed by atoms with Crippen LogP contribution in [0.25, 0.3) is 6.08 Å². The molecule has 1 aliphatic rings. The van der Waals surface area contributed by atoms with Gasteiger partial charge in [0.05, 0.1) is 12.1 Å². The Morgan fingerprint density at radius 3 is 2.55 bits per heavy atom. The highest BCUT2D eigenvalue weighted by Crippen LogP contribution is 2.32. The van der Waals surface area contributed by atoms with Crippen LogP contribution in [0.4, 0.5) is 22.0 Å². The molecule has 0 unspecified atom stereocenters. The second-order valence-corrected chi connectivity index (χ2v) is 4.84. The molecule has 0 aliphatic carbocycles. The number of nitrogens with zero attached hydrogens (tertiary/aromatic N) is 1. The average Bonchev–Trinajstić information content (AvgIpc) is 2.77. The van der Waals surface area contributed by atoms with Crippen LogP contribution in [0.2, 0.25) is 0 Å². The number of benzene rings is 1. The molecule has 0 saturated carbocycles. The van der Waals surface area contributed by atoms with E-state index in [-0.39, 0.29) is 6.54 Å². The first-order valence-corrected chi connectivity index (χ1v) is 6.31. The number of amides is 1. The van der Waals surface area contributed by atoms with Gasteiger partial charge < -0.3 is 9.64 Å². The summed E-state index contributed by atoms with van der Waals surface area (Å²) in [5, 5.41) is 0. The van der Waals surface area contributed by atoms with Gasteiger partial charge in [-0.1, -0.05) is 18.7 Å². The van der Waals surface area contributed by atoms with Gasteiger partial charge in [-0.25, -0.2) is 8.78 Å². The van der Waals surface area contributed by atoms with Crippen molar-refractivity contribution in [3.8, 4) is 5.75 Å². The molecular weight excluding hydrogens is 309 g/mol. The fraction of sp³-hybridized carbons (Fsp3) is 0.357. The molecule has 1 aliphatic heterocycles. The van der Waals surface area contributed by atoms with Gasteiger partial charge in [-0.2, -0.15) is 0 Å². The smallest absolute Gasteiger partial charge is 0.405 e. The molecule has 1 amide bonds. The zero-order chi connectivity index (χ0) is 16.5. The van der Waals surface area contributed by atoms with Crippen LogP contribution in [0.1, 0.15) is 22.3 Å². The molecular formula is C14H12F5NO2. The van der Waals surface area contributed by atoms with E-state index in [2.05, 4.69) is 11.3 Å². The van der Waals surface area contributed by atoms with E-state index in [0.29, 0.717) is 5.56 Å². The van der Waals surface area contributed by atoms with Crippen LogP contribution in [0, 0.1) is 0 Å². The Bertz CT molecular complexity index is 597. The Labute approximate surface area is 123 Å². The Morgan fingerprint density at radius 2 is 2.05 bits per heavy atom. The van der Waals surface area contributed by atoms with Gasteiger partial charge in [0.1, 0.15) is 5.75 Å². The molecule has 1 aromatic rings. The van der Waals surface area contributed by atoms with Crippen LogP contribution in [0.3, 0.4) is 0 Å². The SMILES string of the molecule is C=Cc1ccc(OC(F)(F)F)c(C(=O)N2CCC(F)(F)C2)c1. The van der Waals surface area contributed by atoms with E-state index in [0.717, 1.165) is 17.0 Å². The van der Waals surface area contributed by atoms with Crippen LogP contribution in [-0.4, -0.2) is 36.2 Å². The third-order valence-corrected chi connectivity index (χ3v) is 3.15. The zero-order valence-corrected chi connectivity index (χ0v) is 11.3. The van der Waals surface area contributed by atoms with Gasteiger partial charge in [0.15, 0.2) is 0 Å². The van der Waals surface area contributed by atoms with Gasteiger partial charge in [0.2, 0.25) is 0 Å². The van der Waals surface area contributed by atoms with Crippen molar-refractivity contribution in [1.29, 1.82) is 0 Å². The van der Waals surface area contributed by atoms with Crippen molar-refractivity contribution in [3.63, 3.8) is 0 Å². The molecule has 0 bridgehead atoms. The number of halogens is 5. The molecule has 0 atom stereocenters. The third kappa shape index (κ3) is 3.75. The van der Waals surface area contributed by atoms with Crippen LogP contribution >= 0.6 is 0 Å². The number of hydrogen-bond donors (Lipinski definition) is 0. The second-order valence-electron chi connectivity index (χ2n) is 4.84. The van der Waals surface area contributed by atoms with Crippen molar-refractivity contribution in [3.05, 3.63) is 35.9 Å². The first-order valence-electron chi connectivity index (χ1n) is 6.31. The van der Waals surface area contributed by atoms with Crippen molar-refractivity contribution in [2.24, 2.45) is 0 Å². The number of alkyl halides is 5. The molecule has 1 aromatic carbocycles. The molecule has 1 heterocycles. The Balaban J connectivity index is 2.35. The summed E-state index contributed by atoms with van der Waals surface area (Å²) >= 11 is 0. The number of carbonyl (C=O) groups excluding carboxylic acids is 1. The van der Waals surface area contributed by atoms with E-state index in [1.807, 2.05) is 0 Å². The summed E-state index contributed by atoms with van der Waals surface area (Å²) in [4.78, 5) is 13.0. The topological polar surface area (TPSA) is 29.5 Å². The van der Waals surface area contributed by atoms with E-state index in [1.54, 1.807) is 0 Å². The lowest BCUT2D eigenvalue weighted by Gasteiger charge is -2.19. The number of ether oxygens (including phenoxy) is 1. The van der Waals surface area contributed by atoms with Gasteiger partial charge in [-0.3, -0.25) is 4.79 Å². The van der Waals surface area contributed by atoms with E-state index in [4.69, 9.17) is 0 Å². The lowest BCUT2D eigenvalue weighted by molar-refractivity contribution is -0.274. The van der Waals surface area contributed by atoms with Gasteiger partial charge in [0, 0.05) is 13.0 Å². The molecule has 0 aromatic heterocycles. The highest BCUT2D eigenvalue weighted by Gasteiger charge is 2.41. The highest BCUT2D eigenvalue weighted by molar-refractivity contribution is 5.97. The van der Waals surface area contributed by atoms with Crippen molar-refractivity contribution >= 4 is 12.0 Å². The summed E-state index contributed by atoms with van der Waals surface area (Å²) < 4.78 is 67.3. The standard InChI is InChI=1S/C14H12F5NO2/c1-2-9-3-4-11(22-14(17,18)19)10(7-9)12(21)20-6-5-13(15,16)8-20/h2-4,7H,1,5-6,8H2. The molecule has 2 rings (SSSR count). The van der Waals surface area contributed by atoms with Crippen molar-refractivity contribution in [1.82, 2.24) is 4.90 Å². The van der Waals surface area contributed by atoms with Gasteiger partial charge >= 0.3 is 6.36 Å². The maximum Gasteiger partial charge on any atom is 0.573 e. The van der Waals surface area contributed by atoms with Crippen molar-refractivity contribution in [2.75, 3.05) is 13.1 Å². The van der Waals surface area contributed by atoms with Crippen LogP contribution in [-0.2, 0) is 0 Å². The van der Waals surface area contributed by atoms with Crippen LogP contribution in [0.5, 0.6) is 5.75 Å². The third-order valence-electron chi connectivity index (χ3n) is 3.15. The number of likely N-dealkylation sites (tertiary alicyclic amines) is 1. The first kappa shape index (κ1) is 16.3. The number of rotatable bonds is 3. The fourth-order valence-electron chi connectivity index (χ4n) is 2.13. The maximum atomic E-state index is 13.2. The summed E-state index contributed by atoms with van der Waals surface area (Å²) in [6.07, 6.45) is -4.18. The summed E-state index contributed by atoms with van der Waals surface area (Å²) in [5.74, 6) is -4.69. The lowest BCUT2D eigenvalue weighted by Crippen LogP contribution is -2.32. The minimum absolute atomic E-state index is 0.227. The predicted octanol–water partition coefficient (Wildman–Crippen LogP) is 3.71. The minimum Gasteiger partial charge on any atom is -0.405 e. The first-order chi connectivity index (χ1) is 10.1. The normalized spacial score (nSPS) is 17.4. The van der Waals surface area contributed by atoms with Crippen LogP contribution in [0.15, 0.2) is 24.8 Å². The molecule has 120 valence electrons. The molecule has 0 N–H and O–H groups in total. The summed E-state index contributed by atoms with van der Waals surface area (Å²) in [7, 11) is 0. The van der Waals surface area contributed by atoms with Crippen molar-refractivity contribution < 1.29 is 31.5 Å². The average molecular weight is 321 g/mol. The largest absolute Gasteiger partial charge is 0.573 e. The molecule has 22 heavy (non-hydrogen) atoms. The highest BCUT2D eigenvalue weighted by atomic mass is 19.4. The van der Waals surface area contributed by atoms with E-state index in [1.165, 1.54) is 12.1 Å². The Morgan fingerprint density at radius 1 is 1.36 bits per heavy atom. The summed E-state index contributed by atoms with van der Waals surface area (Å²) in [6.45, 7) is 2.40. The zero-order valence-electron chi connectivity index (χ0n) is 11.3. The molecule has 1 fully saturated rings. The Kier molecular flexibility index (Phi) is 4.12. The minimum atomic E-state index is -4.99. The van der Waals surface area contributed by atoms with E-state index < -0.39 is 42.5 Å². The lowest BCUT2D eigenvalue weighted by atomic mass is 10.1. The molecule has 0 spiro atoms. The molecule has 0 radical (unpaired) electrons. The molecule has 1 saturated heterocycles. The van der Waals surface area contributed by atoms with Gasteiger partial charge in [0.25, 0.3) is 11.8 Å². The number of hydrogen-bond acceptors (Lipinski definition) is 2. The summed E-state index contributed by atoms with van der Waals surface area (Å²) in [5.41, 5.74) is -0.0451. The quantitative estimate of drug-likeness (QED) is 0.794. The predicted molar refractivity (Wildman–Crippen MR) is 68.7 cm³/mol. The summed E-state index contributed by atoms with van der Waals surface area (Å²) in [6, 6.07) is 3.38. The Hall–Kier alpha value is -2.12. The van der Waals surface area contributed by atoms with E-state index in [9.17, 15) is 26.7 Å². The second kappa shape index (κ2) is 5.58. The van der Waals surface area contributed by atoms with Crippen molar-refractivity contribution in [2.45, 2.75) is 18.7 Å². The monoisotopic (exact) mass is 321 g/mol. The van der Waals surface area contributed by atoms with Crippen LogP contribution < -0.4 is 4.74 Å². The van der Waals surface area contributed by atoms with Gasteiger partial charge in [-0.15, -0.1) is 13.2 Å². The number of carbonyl (C=O) groups is 1. The fourth-order valence-corrected chi connectivity index (χ4v) is 2.13. The van der Waals surface area contributed by atoms with Gasteiger partial charge in [-0.05, 0) is 17.7 Å². The molecule has 3 nitrogen and oxygen atoms in total. The maximum absolute atomic E-state index is 13.2.